The van der Waals surface area contributed by atoms with Crippen molar-refractivity contribution in [2.75, 3.05) is 13.2 Å². The van der Waals surface area contributed by atoms with E-state index in [1.54, 1.807) is 6.08 Å². The standard InChI is InChI=1S/C77H147NO5/c1-3-5-7-9-11-13-15-17-18-19-39-42-46-49-53-57-61-65-69-75(80)74(73-79)78-76(81)70-66-62-58-54-50-47-43-40-37-35-33-31-29-27-25-23-21-20-22-24-26-28-30-32-34-36-38-41-44-48-52-56-60-64-68-72-83-77(82)71-67-63-59-55-51-45-16-14-12-10-8-6-4-2/h14,16,22,24,65,69,74-75,79-80H,3-13,15,17-21,23,25-64,66-68,70-73H2,1-2H3,(H,78,81)/b16-14-,24-22-,69-65+. The SMILES string of the molecule is CCCCCC/C=C\CCCCCCCC(=O)OCCCCCCCCCCCCCCCC/C=C\CCCCCCCCCCCCCCCCCCCC(=O)NC(CO)C(O)/C=C/CCCCCCCCCCCCCCCCCC. The van der Waals surface area contributed by atoms with Crippen LogP contribution in [-0.4, -0.2) is 47.4 Å². The maximum atomic E-state index is 12.5. The Labute approximate surface area is 519 Å². The fraction of sp³-hybridized carbons (Fsp3) is 0.896. The van der Waals surface area contributed by atoms with Crippen LogP contribution in [0.3, 0.4) is 0 Å². The lowest BCUT2D eigenvalue weighted by Gasteiger charge is -2.20. The molecule has 6 heteroatoms. The van der Waals surface area contributed by atoms with Crippen LogP contribution in [0.25, 0.3) is 0 Å². The molecule has 6 nitrogen and oxygen atoms in total. The smallest absolute Gasteiger partial charge is 0.305 e. The van der Waals surface area contributed by atoms with Crippen LogP contribution in [0.2, 0.25) is 0 Å². The zero-order chi connectivity index (χ0) is 59.9. The second kappa shape index (κ2) is 72.6. The molecule has 0 heterocycles. The van der Waals surface area contributed by atoms with Gasteiger partial charge < -0.3 is 20.3 Å². The molecule has 0 fully saturated rings. The van der Waals surface area contributed by atoms with Crippen molar-refractivity contribution in [3.63, 3.8) is 0 Å². The highest BCUT2D eigenvalue weighted by Gasteiger charge is 2.18. The molecule has 0 aliphatic heterocycles. The first-order valence-electron chi connectivity index (χ1n) is 37.8. The largest absolute Gasteiger partial charge is 0.466 e. The summed E-state index contributed by atoms with van der Waals surface area (Å²) in [5.41, 5.74) is 0. The predicted octanol–water partition coefficient (Wildman–Crippen LogP) is 24.7. The molecule has 0 aromatic carbocycles. The minimum absolute atomic E-state index is 0.0111. The van der Waals surface area contributed by atoms with E-state index in [9.17, 15) is 19.8 Å². The van der Waals surface area contributed by atoms with E-state index in [-0.39, 0.29) is 18.5 Å². The zero-order valence-electron chi connectivity index (χ0n) is 56.2. The van der Waals surface area contributed by atoms with E-state index in [1.165, 1.54) is 347 Å². The molecule has 0 spiro atoms. The van der Waals surface area contributed by atoms with Crippen molar-refractivity contribution in [3.8, 4) is 0 Å². The Morgan fingerprint density at radius 2 is 0.566 bits per heavy atom. The third-order valence-electron chi connectivity index (χ3n) is 17.6. The average molecular weight is 1170 g/mol. The maximum Gasteiger partial charge on any atom is 0.305 e. The summed E-state index contributed by atoms with van der Waals surface area (Å²) in [7, 11) is 0. The molecule has 1 amide bonds. The number of carbonyl (C=O) groups is 2. The summed E-state index contributed by atoms with van der Waals surface area (Å²) >= 11 is 0. The van der Waals surface area contributed by atoms with Gasteiger partial charge in [-0.25, -0.2) is 0 Å². The summed E-state index contributed by atoms with van der Waals surface area (Å²) in [6.45, 7) is 4.92. The first-order chi connectivity index (χ1) is 41.0. The van der Waals surface area contributed by atoms with Crippen molar-refractivity contribution in [2.24, 2.45) is 0 Å². The summed E-state index contributed by atoms with van der Waals surface area (Å²) in [5.74, 6) is -0.0498. The Balaban J connectivity index is 3.36. The van der Waals surface area contributed by atoms with Gasteiger partial charge in [-0.1, -0.05) is 359 Å². The Morgan fingerprint density at radius 3 is 0.867 bits per heavy atom. The molecule has 3 N–H and O–H groups in total. The van der Waals surface area contributed by atoms with Gasteiger partial charge >= 0.3 is 5.97 Å². The molecule has 0 aromatic rings. The number of rotatable bonds is 71. The summed E-state index contributed by atoms with van der Waals surface area (Å²) in [6.07, 6.45) is 94.0. The number of carbonyl (C=O) groups excluding carboxylic acids is 2. The Kier molecular flexibility index (Phi) is 70.9. The molecule has 0 aliphatic rings. The van der Waals surface area contributed by atoms with Crippen LogP contribution in [0.4, 0.5) is 0 Å². The van der Waals surface area contributed by atoms with Gasteiger partial charge in [-0.2, -0.15) is 0 Å². The van der Waals surface area contributed by atoms with Crippen LogP contribution in [0.15, 0.2) is 36.5 Å². The highest BCUT2D eigenvalue weighted by atomic mass is 16.5. The number of aliphatic hydroxyl groups excluding tert-OH is 2. The van der Waals surface area contributed by atoms with Gasteiger partial charge in [0.25, 0.3) is 0 Å². The lowest BCUT2D eigenvalue weighted by Crippen LogP contribution is -2.45. The number of hydrogen-bond donors (Lipinski definition) is 3. The second-order valence-corrected chi connectivity index (χ2v) is 26.0. The summed E-state index contributed by atoms with van der Waals surface area (Å²) in [6, 6.07) is -0.626. The second-order valence-electron chi connectivity index (χ2n) is 26.0. The normalized spacial score (nSPS) is 12.7. The number of amides is 1. The first-order valence-corrected chi connectivity index (χ1v) is 37.8. The number of hydrogen-bond acceptors (Lipinski definition) is 5. The minimum atomic E-state index is -0.842. The molecule has 0 rings (SSSR count). The number of esters is 1. The number of nitrogens with one attached hydrogen (secondary N) is 1. The van der Waals surface area contributed by atoms with Crippen LogP contribution in [0.5, 0.6) is 0 Å². The van der Waals surface area contributed by atoms with Gasteiger partial charge in [0.05, 0.1) is 25.4 Å². The molecule has 0 aromatic heterocycles. The summed E-state index contributed by atoms with van der Waals surface area (Å²) < 4.78 is 5.48. The predicted molar refractivity (Wildman–Crippen MR) is 366 cm³/mol. The lowest BCUT2D eigenvalue weighted by atomic mass is 10.0. The highest BCUT2D eigenvalue weighted by Crippen LogP contribution is 2.19. The van der Waals surface area contributed by atoms with Gasteiger partial charge in [-0.3, -0.25) is 9.59 Å². The van der Waals surface area contributed by atoms with Crippen LogP contribution in [0, 0.1) is 0 Å². The quantitative estimate of drug-likeness (QED) is 0.0320. The molecule has 0 aliphatic carbocycles. The molecule has 0 saturated heterocycles. The van der Waals surface area contributed by atoms with E-state index in [1.807, 2.05) is 6.08 Å². The van der Waals surface area contributed by atoms with Gasteiger partial charge in [0.15, 0.2) is 0 Å². The average Bonchev–Trinajstić information content (AvgIpc) is 3.49. The van der Waals surface area contributed by atoms with Crippen LogP contribution in [-0.2, 0) is 14.3 Å². The first kappa shape index (κ1) is 81.1. The maximum absolute atomic E-state index is 12.5. The van der Waals surface area contributed by atoms with Gasteiger partial charge in [0.1, 0.15) is 0 Å². The van der Waals surface area contributed by atoms with Crippen molar-refractivity contribution in [1.29, 1.82) is 0 Å². The molecule has 0 saturated carbocycles. The van der Waals surface area contributed by atoms with E-state index in [0.717, 1.165) is 44.9 Å². The summed E-state index contributed by atoms with van der Waals surface area (Å²) in [5, 5.41) is 23.2. The topological polar surface area (TPSA) is 95.9 Å². The van der Waals surface area contributed by atoms with Crippen molar-refractivity contribution < 1.29 is 24.5 Å². The third kappa shape index (κ3) is 69.1. The Hall–Kier alpha value is -1.92. The zero-order valence-corrected chi connectivity index (χ0v) is 56.2. The van der Waals surface area contributed by atoms with Crippen LogP contribution in [0.1, 0.15) is 418 Å². The van der Waals surface area contributed by atoms with E-state index in [2.05, 4.69) is 43.5 Å². The molecule has 0 radical (unpaired) electrons. The lowest BCUT2D eigenvalue weighted by molar-refractivity contribution is -0.143. The van der Waals surface area contributed by atoms with Crippen molar-refractivity contribution >= 4 is 11.9 Å². The minimum Gasteiger partial charge on any atom is -0.466 e. The number of ether oxygens (including phenoxy) is 1. The van der Waals surface area contributed by atoms with Gasteiger partial charge in [-0.15, -0.1) is 0 Å². The van der Waals surface area contributed by atoms with Crippen molar-refractivity contribution in [3.05, 3.63) is 36.5 Å². The molecular formula is C77H147NO5. The Bertz CT molecular complexity index is 1340. The molecular weight excluding hydrogens is 1020 g/mol. The van der Waals surface area contributed by atoms with Gasteiger partial charge in [0.2, 0.25) is 5.91 Å². The fourth-order valence-corrected chi connectivity index (χ4v) is 11.9. The summed E-state index contributed by atoms with van der Waals surface area (Å²) in [4.78, 5) is 24.6. The van der Waals surface area contributed by atoms with E-state index in [0.29, 0.717) is 19.4 Å². The van der Waals surface area contributed by atoms with Crippen molar-refractivity contribution in [1.82, 2.24) is 5.32 Å². The van der Waals surface area contributed by atoms with Crippen LogP contribution >= 0.6 is 0 Å². The molecule has 2 atom stereocenters. The Morgan fingerprint density at radius 1 is 0.325 bits per heavy atom. The monoisotopic (exact) mass is 1170 g/mol. The van der Waals surface area contributed by atoms with E-state index >= 15 is 0 Å². The van der Waals surface area contributed by atoms with Gasteiger partial charge in [0, 0.05) is 12.8 Å². The third-order valence-corrected chi connectivity index (χ3v) is 17.6. The van der Waals surface area contributed by atoms with Gasteiger partial charge in [-0.05, 0) is 83.5 Å². The number of unbranched alkanes of at least 4 members (excludes halogenated alkanes) is 56. The fourth-order valence-electron chi connectivity index (χ4n) is 11.9. The number of aliphatic hydroxyl groups is 2. The van der Waals surface area contributed by atoms with E-state index in [4.69, 9.17) is 4.74 Å². The molecule has 2 unspecified atom stereocenters. The number of allylic oxidation sites excluding steroid dienone is 5. The molecule has 0 bridgehead atoms. The molecule has 490 valence electrons. The van der Waals surface area contributed by atoms with Crippen LogP contribution < -0.4 is 5.32 Å². The highest BCUT2D eigenvalue weighted by molar-refractivity contribution is 5.76. The van der Waals surface area contributed by atoms with Crippen molar-refractivity contribution in [2.45, 2.75) is 431 Å². The molecule has 83 heavy (non-hydrogen) atoms. The van der Waals surface area contributed by atoms with E-state index < -0.39 is 12.1 Å².